The SMILES string of the molecule is CC.CNC(=O)c1ccc(NCC#Cc2cc3c(NC4CCN(C)CC4F)cccc3n2CC(F)(F)F)c(OC)c1. The number of hydrogen-bond acceptors (Lipinski definition) is 5. The molecule has 0 spiro atoms. The first-order valence-corrected chi connectivity index (χ1v) is 13.5. The molecule has 222 valence electrons. The second kappa shape index (κ2) is 14.1. The molecule has 11 heteroatoms. The number of piperidine rings is 1. The van der Waals surface area contributed by atoms with Crippen molar-refractivity contribution in [3.63, 3.8) is 0 Å². The van der Waals surface area contributed by atoms with Gasteiger partial charge in [0, 0.05) is 36.8 Å². The van der Waals surface area contributed by atoms with Crippen molar-refractivity contribution in [3.05, 3.63) is 53.7 Å². The number of nitrogens with zero attached hydrogens (tertiary/aromatic N) is 2. The summed E-state index contributed by atoms with van der Waals surface area (Å²) >= 11 is 0. The monoisotopic (exact) mass is 575 g/mol. The number of rotatable bonds is 7. The van der Waals surface area contributed by atoms with Crippen molar-refractivity contribution in [1.29, 1.82) is 0 Å². The summed E-state index contributed by atoms with van der Waals surface area (Å²) in [6.45, 7) is 3.94. The molecule has 1 amide bonds. The molecular formula is C30H37F4N5O2. The third kappa shape index (κ3) is 8.07. The van der Waals surface area contributed by atoms with E-state index in [-0.39, 0.29) is 18.1 Å². The predicted molar refractivity (Wildman–Crippen MR) is 156 cm³/mol. The Kier molecular flexibility index (Phi) is 10.9. The van der Waals surface area contributed by atoms with Crippen molar-refractivity contribution in [2.24, 2.45) is 0 Å². The van der Waals surface area contributed by atoms with E-state index in [1.807, 2.05) is 25.8 Å². The van der Waals surface area contributed by atoms with Crippen molar-refractivity contribution in [2.45, 2.75) is 45.2 Å². The lowest BCUT2D eigenvalue weighted by molar-refractivity contribution is -0.140. The molecule has 1 aliphatic heterocycles. The Labute approximate surface area is 238 Å². The molecule has 4 rings (SSSR count). The van der Waals surface area contributed by atoms with Crippen LogP contribution in [0.3, 0.4) is 0 Å². The van der Waals surface area contributed by atoms with E-state index in [2.05, 4.69) is 27.8 Å². The van der Waals surface area contributed by atoms with Gasteiger partial charge in [0.15, 0.2) is 0 Å². The Balaban J connectivity index is 0.00000226. The van der Waals surface area contributed by atoms with Gasteiger partial charge in [-0.25, -0.2) is 4.39 Å². The number of fused-ring (bicyclic) bond motifs is 1. The van der Waals surface area contributed by atoms with E-state index in [4.69, 9.17) is 4.74 Å². The maximum absolute atomic E-state index is 14.7. The lowest BCUT2D eigenvalue weighted by atomic mass is 10.0. The van der Waals surface area contributed by atoms with Crippen molar-refractivity contribution < 1.29 is 27.1 Å². The van der Waals surface area contributed by atoms with Gasteiger partial charge < -0.3 is 30.2 Å². The van der Waals surface area contributed by atoms with Crippen LogP contribution in [-0.4, -0.2) is 74.6 Å². The minimum Gasteiger partial charge on any atom is -0.495 e. The van der Waals surface area contributed by atoms with Crippen LogP contribution in [0.2, 0.25) is 0 Å². The molecule has 2 unspecified atom stereocenters. The molecule has 0 radical (unpaired) electrons. The summed E-state index contributed by atoms with van der Waals surface area (Å²) in [5.41, 5.74) is 2.14. The van der Waals surface area contributed by atoms with Gasteiger partial charge in [0.25, 0.3) is 5.91 Å². The van der Waals surface area contributed by atoms with Crippen molar-refractivity contribution in [1.82, 2.24) is 14.8 Å². The van der Waals surface area contributed by atoms with Gasteiger partial charge in [0.05, 0.1) is 36.6 Å². The van der Waals surface area contributed by atoms with Gasteiger partial charge in [0.2, 0.25) is 0 Å². The van der Waals surface area contributed by atoms with E-state index in [9.17, 15) is 22.4 Å². The number of aromatic nitrogens is 1. The second-order valence-corrected chi connectivity index (χ2v) is 9.44. The maximum atomic E-state index is 14.7. The molecule has 41 heavy (non-hydrogen) atoms. The lowest BCUT2D eigenvalue weighted by Gasteiger charge is -2.33. The summed E-state index contributed by atoms with van der Waals surface area (Å²) in [5, 5.41) is 9.38. The number of anilines is 2. The third-order valence-electron chi connectivity index (χ3n) is 6.64. The molecule has 3 aromatic rings. The number of nitrogens with one attached hydrogen (secondary N) is 3. The Morgan fingerprint density at radius 1 is 1.15 bits per heavy atom. The van der Waals surface area contributed by atoms with E-state index < -0.39 is 24.9 Å². The van der Waals surface area contributed by atoms with Crippen LogP contribution in [0.4, 0.5) is 28.9 Å². The Hall–Kier alpha value is -3.91. The van der Waals surface area contributed by atoms with Gasteiger partial charge in [-0.1, -0.05) is 25.8 Å². The molecule has 7 nitrogen and oxygen atoms in total. The predicted octanol–water partition coefficient (Wildman–Crippen LogP) is 5.52. The fourth-order valence-electron chi connectivity index (χ4n) is 4.68. The number of hydrogen-bond donors (Lipinski definition) is 3. The summed E-state index contributed by atoms with van der Waals surface area (Å²) in [6, 6.07) is 11.1. The second-order valence-electron chi connectivity index (χ2n) is 9.44. The van der Waals surface area contributed by atoms with E-state index in [0.29, 0.717) is 46.6 Å². The zero-order valence-corrected chi connectivity index (χ0v) is 24.0. The Bertz CT molecular complexity index is 1390. The molecule has 0 bridgehead atoms. The summed E-state index contributed by atoms with van der Waals surface area (Å²) in [7, 11) is 4.86. The van der Waals surface area contributed by atoms with E-state index in [1.165, 1.54) is 14.2 Å². The van der Waals surface area contributed by atoms with Gasteiger partial charge in [-0.15, -0.1) is 0 Å². The van der Waals surface area contributed by atoms with Crippen LogP contribution in [-0.2, 0) is 6.54 Å². The number of halogens is 4. The number of likely N-dealkylation sites (tertiary alicyclic amines) is 1. The molecule has 1 aliphatic rings. The van der Waals surface area contributed by atoms with Crippen molar-refractivity contribution in [3.8, 4) is 17.6 Å². The fourth-order valence-corrected chi connectivity index (χ4v) is 4.68. The van der Waals surface area contributed by atoms with E-state index in [1.54, 1.807) is 42.5 Å². The molecule has 3 N–H and O–H groups in total. The maximum Gasteiger partial charge on any atom is 0.406 e. The van der Waals surface area contributed by atoms with E-state index >= 15 is 0 Å². The summed E-state index contributed by atoms with van der Waals surface area (Å²) in [4.78, 5) is 13.8. The van der Waals surface area contributed by atoms with Gasteiger partial charge >= 0.3 is 6.18 Å². The zero-order valence-electron chi connectivity index (χ0n) is 24.0. The highest BCUT2D eigenvalue weighted by molar-refractivity contribution is 5.95. The number of benzene rings is 2. The highest BCUT2D eigenvalue weighted by Crippen LogP contribution is 2.32. The molecule has 0 aliphatic carbocycles. The molecule has 1 aromatic heterocycles. The number of alkyl halides is 4. The van der Waals surface area contributed by atoms with Gasteiger partial charge in [-0.2, -0.15) is 13.2 Å². The van der Waals surface area contributed by atoms with Crippen LogP contribution in [0.15, 0.2) is 42.5 Å². The van der Waals surface area contributed by atoms with Crippen LogP contribution in [0, 0.1) is 11.8 Å². The Morgan fingerprint density at radius 3 is 2.56 bits per heavy atom. The van der Waals surface area contributed by atoms with Crippen molar-refractivity contribution in [2.75, 3.05) is 51.5 Å². The minimum atomic E-state index is -4.46. The molecule has 2 atom stereocenters. The smallest absolute Gasteiger partial charge is 0.406 e. The fraction of sp³-hybridized carbons (Fsp3) is 0.433. The molecular weight excluding hydrogens is 538 g/mol. The number of methoxy groups -OCH3 is 1. The topological polar surface area (TPSA) is 70.6 Å². The number of amides is 1. The largest absolute Gasteiger partial charge is 0.495 e. The van der Waals surface area contributed by atoms with Crippen LogP contribution in [0.25, 0.3) is 10.9 Å². The van der Waals surface area contributed by atoms with Gasteiger partial charge in [0.1, 0.15) is 18.5 Å². The first kappa shape index (κ1) is 31.6. The molecule has 2 heterocycles. The first-order valence-electron chi connectivity index (χ1n) is 13.5. The standard InChI is InChI=1S/C28H31F4N5O2.C2H6/c1-33-27(38)18-9-10-24(26(14-18)39-3)34-12-5-6-19-15-20-22(35-23-11-13-36(2)16-21(23)29)7-4-8-25(20)37(19)17-28(30,31)32;1-2/h4,7-10,14-15,21,23,34-35H,11-13,16-17H2,1-3H3,(H,33,38);1-2H3. The number of carbonyl (C=O) groups is 1. The average Bonchev–Trinajstić information content (AvgIpc) is 3.29. The molecule has 1 fully saturated rings. The van der Waals surface area contributed by atoms with Crippen LogP contribution in [0.5, 0.6) is 5.75 Å². The average molecular weight is 576 g/mol. The zero-order chi connectivity index (χ0) is 30.2. The summed E-state index contributed by atoms with van der Waals surface area (Å²) in [6.07, 6.45) is -4.96. The minimum absolute atomic E-state index is 0.119. The molecule has 0 saturated carbocycles. The quantitative estimate of drug-likeness (QED) is 0.256. The summed E-state index contributed by atoms with van der Waals surface area (Å²) < 4.78 is 61.6. The molecule has 1 saturated heterocycles. The van der Waals surface area contributed by atoms with Gasteiger partial charge in [-0.3, -0.25) is 4.79 Å². The number of carbonyl (C=O) groups excluding carboxylic acids is 1. The first-order chi connectivity index (χ1) is 19.6. The highest BCUT2D eigenvalue weighted by atomic mass is 19.4. The van der Waals surface area contributed by atoms with Crippen LogP contribution >= 0.6 is 0 Å². The van der Waals surface area contributed by atoms with Crippen molar-refractivity contribution >= 4 is 28.2 Å². The molecule has 2 aromatic carbocycles. The van der Waals surface area contributed by atoms with E-state index in [0.717, 1.165) is 11.1 Å². The lowest BCUT2D eigenvalue weighted by Crippen LogP contribution is -2.46. The highest BCUT2D eigenvalue weighted by Gasteiger charge is 2.31. The number of ether oxygens (including phenoxy) is 1. The van der Waals surface area contributed by atoms with Crippen LogP contribution in [0.1, 0.15) is 36.3 Å². The normalized spacial score (nSPS) is 17.1. The van der Waals surface area contributed by atoms with Gasteiger partial charge in [-0.05, 0) is 55.8 Å². The third-order valence-corrected chi connectivity index (χ3v) is 6.64. The Morgan fingerprint density at radius 2 is 1.90 bits per heavy atom. The summed E-state index contributed by atoms with van der Waals surface area (Å²) in [5.74, 6) is 5.90. The van der Waals surface area contributed by atoms with Crippen LogP contribution < -0.4 is 20.7 Å².